The molecule has 0 bridgehead atoms. The van der Waals surface area contributed by atoms with E-state index in [1.165, 1.54) is 10.9 Å². The highest BCUT2D eigenvalue weighted by atomic mass is 16.3. The van der Waals surface area contributed by atoms with Crippen LogP contribution in [0.1, 0.15) is 12.8 Å². The minimum Gasteiger partial charge on any atom is -0.448 e. The maximum atomic E-state index is 12.7. The summed E-state index contributed by atoms with van der Waals surface area (Å²) in [7, 11) is 1.95. The van der Waals surface area contributed by atoms with Crippen LogP contribution in [-0.2, 0) is 11.3 Å². The summed E-state index contributed by atoms with van der Waals surface area (Å²) < 4.78 is 7.00. The molecule has 1 aliphatic heterocycles. The molecule has 0 saturated carbocycles. The van der Waals surface area contributed by atoms with Crippen LogP contribution in [0, 0.1) is 5.92 Å². The molecular formula is C19H22N4O3. The molecule has 1 saturated heterocycles. The van der Waals surface area contributed by atoms with Crippen molar-refractivity contribution in [2.24, 2.45) is 5.92 Å². The Balaban J connectivity index is 1.54. The molecule has 1 aromatic carbocycles. The van der Waals surface area contributed by atoms with Crippen LogP contribution >= 0.6 is 0 Å². The lowest BCUT2D eigenvalue weighted by Crippen LogP contribution is -2.42. The molecule has 7 heteroatoms. The Morgan fingerprint density at radius 2 is 2.08 bits per heavy atom. The molecule has 0 unspecified atom stereocenters. The van der Waals surface area contributed by atoms with Gasteiger partial charge in [-0.3, -0.25) is 14.2 Å². The van der Waals surface area contributed by atoms with Gasteiger partial charge in [0.2, 0.25) is 11.5 Å². The second kappa shape index (κ2) is 6.92. The number of carbonyl (C=O) groups excluding carboxylic acids is 1. The zero-order valence-corrected chi connectivity index (χ0v) is 14.8. The Morgan fingerprint density at radius 1 is 1.31 bits per heavy atom. The van der Waals surface area contributed by atoms with Crippen molar-refractivity contribution >= 4 is 28.0 Å². The SMILES string of the molecule is CNCC1CCN(C(=O)Cn2cnc3c(oc4ccccc43)c2=O)CC1. The van der Waals surface area contributed by atoms with E-state index in [0.29, 0.717) is 17.0 Å². The van der Waals surface area contributed by atoms with Crippen LogP contribution in [0.4, 0.5) is 0 Å². The number of nitrogens with one attached hydrogen (secondary N) is 1. The molecule has 26 heavy (non-hydrogen) atoms. The Labute approximate surface area is 150 Å². The van der Waals surface area contributed by atoms with E-state index in [1.54, 1.807) is 6.07 Å². The number of hydrogen-bond acceptors (Lipinski definition) is 5. The number of aromatic nitrogens is 2. The van der Waals surface area contributed by atoms with Crippen LogP contribution in [0.25, 0.3) is 22.1 Å². The van der Waals surface area contributed by atoms with E-state index in [9.17, 15) is 9.59 Å². The molecule has 7 nitrogen and oxygen atoms in total. The van der Waals surface area contributed by atoms with Crippen molar-refractivity contribution < 1.29 is 9.21 Å². The van der Waals surface area contributed by atoms with Crippen LogP contribution < -0.4 is 10.9 Å². The van der Waals surface area contributed by atoms with Gasteiger partial charge in [-0.2, -0.15) is 0 Å². The minimum absolute atomic E-state index is 0.00445. The third kappa shape index (κ3) is 2.99. The first kappa shape index (κ1) is 16.8. The lowest BCUT2D eigenvalue weighted by Gasteiger charge is -2.32. The quantitative estimate of drug-likeness (QED) is 0.770. The molecule has 1 fully saturated rings. The van der Waals surface area contributed by atoms with Gasteiger partial charge in [-0.15, -0.1) is 0 Å². The average molecular weight is 354 g/mol. The zero-order valence-electron chi connectivity index (χ0n) is 14.8. The van der Waals surface area contributed by atoms with Crippen LogP contribution in [-0.4, -0.2) is 47.0 Å². The number of furan rings is 1. The van der Waals surface area contributed by atoms with E-state index < -0.39 is 0 Å². The second-order valence-corrected chi connectivity index (χ2v) is 6.84. The summed E-state index contributed by atoms with van der Waals surface area (Å²) >= 11 is 0. The van der Waals surface area contributed by atoms with E-state index in [4.69, 9.17) is 4.42 Å². The number of likely N-dealkylation sites (tertiary alicyclic amines) is 1. The van der Waals surface area contributed by atoms with Crippen LogP contribution in [0.15, 0.2) is 39.8 Å². The second-order valence-electron chi connectivity index (χ2n) is 6.84. The smallest absolute Gasteiger partial charge is 0.297 e. The molecule has 1 amide bonds. The number of carbonyl (C=O) groups is 1. The molecule has 0 aliphatic carbocycles. The largest absolute Gasteiger partial charge is 0.448 e. The first-order valence-corrected chi connectivity index (χ1v) is 8.96. The van der Waals surface area contributed by atoms with Gasteiger partial charge >= 0.3 is 0 Å². The lowest BCUT2D eigenvalue weighted by atomic mass is 9.97. The van der Waals surface area contributed by atoms with E-state index >= 15 is 0 Å². The first-order valence-electron chi connectivity index (χ1n) is 8.96. The molecule has 1 aliphatic rings. The van der Waals surface area contributed by atoms with Crippen LogP contribution in [0.2, 0.25) is 0 Å². The Kier molecular flexibility index (Phi) is 4.46. The minimum atomic E-state index is -0.315. The summed E-state index contributed by atoms with van der Waals surface area (Å²) in [5, 5.41) is 4.00. The number of para-hydroxylation sites is 1. The Morgan fingerprint density at radius 3 is 2.85 bits per heavy atom. The average Bonchev–Trinajstić information content (AvgIpc) is 3.04. The summed E-state index contributed by atoms with van der Waals surface area (Å²) in [5.74, 6) is 0.563. The molecule has 0 radical (unpaired) electrons. The molecule has 3 aromatic rings. The fourth-order valence-corrected chi connectivity index (χ4v) is 3.65. The number of nitrogens with zero attached hydrogens (tertiary/aromatic N) is 3. The number of piperidine rings is 1. The van der Waals surface area contributed by atoms with Crippen LogP contribution in [0.3, 0.4) is 0 Å². The molecule has 0 spiro atoms. The zero-order chi connectivity index (χ0) is 18.1. The highest BCUT2D eigenvalue weighted by Gasteiger charge is 2.23. The van der Waals surface area contributed by atoms with E-state index in [2.05, 4.69) is 10.3 Å². The number of benzene rings is 1. The summed E-state index contributed by atoms with van der Waals surface area (Å²) in [5.41, 5.74) is 1.06. The van der Waals surface area contributed by atoms with Crippen molar-refractivity contribution in [1.29, 1.82) is 0 Å². The highest BCUT2D eigenvalue weighted by Crippen LogP contribution is 2.24. The third-order valence-corrected chi connectivity index (χ3v) is 5.12. The summed E-state index contributed by atoms with van der Waals surface area (Å²) in [4.78, 5) is 31.5. The van der Waals surface area contributed by atoms with Crippen molar-refractivity contribution in [3.05, 3.63) is 40.9 Å². The van der Waals surface area contributed by atoms with Gasteiger partial charge in [-0.25, -0.2) is 4.98 Å². The maximum absolute atomic E-state index is 12.7. The summed E-state index contributed by atoms with van der Waals surface area (Å²) in [6.45, 7) is 2.45. The fraction of sp³-hybridized carbons (Fsp3) is 0.421. The van der Waals surface area contributed by atoms with Gasteiger partial charge in [-0.05, 0) is 44.5 Å². The highest BCUT2D eigenvalue weighted by molar-refractivity contribution is 6.01. The number of hydrogen-bond donors (Lipinski definition) is 1. The predicted molar refractivity (Wildman–Crippen MR) is 99.0 cm³/mol. The van der Waals surface area contributed by atoms with E-state index in [-0.39, 0.29) is 23.6 Å². The monoisotopic (exact) mass is 354 g/mol. The van der Waals surface area contributed by atoms with Gasteiger partial charge < -0.3 is 14.6 Å². The maximum Gasteiger partial charge on any atom is 0.297 e. The van der Waals surface area contributed by atoms with E-state index in [0.717, 1.165) is 37.9 Å². The number of fused-ring (bicyclic) bond motifs is 3. The van der Waals surface area contributed by atoms with Crippen molar-refractivity contribution in [1.82, 2.24) is 19.8 Å². The van der Waals surface area contributed by atoms with Crippen molar-refractivity contribution in [3.63, 3.8) is 0 Å². The van der Waals surface area contributed by atoms with Gasteiger partial charge in [0, 0.05) is 18.5 Å². The molecule has 2 aromatic heterocycles. The molecule has 3 heterocycles. The Bertz CT molecular complexity index is 999. The summed E-state index contributed by atoms with van der Waals surface area (Å²) in [6, 6.07) is 7.41. The van der Waals surface area contributed by atoms with Crippen LogP contribution in [0.5, 0.6) is 0 Å². The number of amides is 1. The van der Waals surface area contributed by atoms with Gasteiger partial charge in [0.15, 0.2) is 0 Å². The first-order chi connectivity index (χ1) is 12.7. The van der Waals surface area contributed by atoms with Crippen molar-refractivity contribution in [3.8, 4) is 0 Å². The summed E-state index contributed by atoms with van der Waals surface area (Å²) in [6.07, 6.45) is 3.42. The molecule has 0 atom stereocenters. The van der Waals surface area contributed by atoms with Gasteiger partial charge in [0.05, 0.1) is 6.33 Å². The van der Waals surface area contributed by atoms with E-state index in [1.807, 2.05) is 30.1 Å². The van der Waals surface area contributed by atoms with Gasteiger partial charge in [-0.1, -0.05) is 12.1 Å². The molecular weight excluding hydrogens is 332 g/mol. The van der Waals surface area contributed by atoms with Gasteiger partial charge in [0.1, 0.15) is 17.6 Å². The normalized spacial score (nSPS) is 15.8. The Hall–Kier alpha value is -2.67. The fourth-order valence-electron chi connectivity index (χ4n) is 3.65. The molecule has 136 valence electrons. The van der Waals surface area contributed by atoms with Crippen molar-refractivity contribution in [2.45, 2.75) is 19.4 Å². The lowest BCUT2D eigenvalue weighted by molar-refractivity contribution is -0.133. The molecule has 1 N–H and O–H groups in total. The van der Waals surface area contributed by atoms with Gasteiger partial charge in [0.25, 0.3) is 5.56 Å². The third-order valence-electron chi connectivity index (χ3n) is 5.12. The topological polar surface area (TPSA) is 80.4 Å². The van der Waals surface area contributed by atoms with Crippen molar-refractivity contribution in [2.75, 3.05) is 26.7 Å². The number of rotatable bonds is 4. The molecule has 4 rings (SSSR count). The standard InChI is InChI=1S/C19H22N4O3/c1-20-10-13-6-8-22(9-7-13)16(24)11-23-12-21-17-14-4-2-3-5-15(14)26-18(17)19(23)25/h2-5,12-13,20H,6-11H2,1H3. The predicted octanol–water partition coefficient (Wildman–Crippen LogP) is 1.60.